The summed E-state index contributed by atoms with van der Waals surface area (Å²) in [6.07, 6.45) is 2.55. The second kappa shape index (κ2) is 6.06. The van der Waals surface area contributed by atoms with Crippen LogP contribution < -0.4 is 11.1 Å². The predicted molar refractivity (Wildman–Crippen MR) is 78.1 cm³/mol. The number of anilines is 1. The van der Waals surface area contributed by atoms with Crippen LogP contribution in [0.25, 0.3) is 0 Å². The van der Waals surface area contributed by atoms with Crippen LogP contribution in [-0.4, -0.2) is 36.5 Å². The van der Waals surface area contributed by atoms with Gasteiger partial charge in [-0.15, -0.1) is 0 Å². The smallest absolute Gasteiger partial charge is 0.221 e. The number of carbonyl (C=O) groups is 1. The van der Waals surface area contributed by atoms with E-state index in [2.05, 4.69) is 24.2 Å². The maximum atomic E-state index is 11.1. The molecule has 1 aromatic rings. The Hall–Kier alpha value is -1.55. The molecule has 1 heterocycles. The van der Waals surface area contributed by atoms with Crippen LogP contribution in [0.3, 0.4) is 0 Å². The third-order valence-electron chi connectivity index (χ3n) is 3.95. The molecule has 0 aliphatic carbocycles. The molecule has 104 valence electrons. The summed E-state index contributed by atoms with van der Waals surface area (Å²) in [4.78, 5) is 13.5. The van der Waals surface area contributed by atoms with E-state index in [1.165, 1.54) is 0 Å². The van der Waals surface area contributed by atoms with E-state index in [0.29, 0.717) is 18.5 Å². The molecule has 2 atom stereocenters. The van der Waals surface area contributed by atoms with Gasteiger partial charge in [-0.1, -0.05) is 18.2 Å². The summed E-state index contributed by atoms with van der Waals surface area (Å²) in [5.41, 5.74) is 7.33. The van der Waals surface area contributed by atoms with Crippen LogP contribution in [0.2, 0.25) is 0 Å². The highest BCUT2D eigenvalue weighted by Crippen LogP contribution is 2.22. The van der Waals surface area contributed by atoms with E-state index < -0.39 is 0 Å². The van der Waals surface area contributed by atoms with Crippen LogP contribution in [0.15, 0.2) is 24.3 Å². The Labute approximate surface area is 115 Å². The second-order valence-electron chi connectivity index (χ2n) is 5.50. The van der Waals surface area contributed by atoms with E-state index in [9.17, 15) is 4.79 Å². The number of hydrogen-bond acceptors (Lipinski definition) is 3. The van der Waals surface area contributed by atoms with E-state index in [1.807, 2.05) is 24.3 Å². The number of nitrogens with one attached hydrogen (secondary N) is 1. The summed E-state index contributed by atoms with van der Waals surface area (Å²) >= 11 is 0. The molecular weight excluding hydrogens is 238 g/mol. The van der Waals surface area contributed by atoms with Crippen LogP contribution in [0.5, 0.6) is 0 Å². The number of likely N-dealkylation sites (tertiary alicyclic amines) is 1. The molecule has 1 saturated heterocycles. The first-order valence-corrected chi connectivity index (χ1v) is 6.89. The summed E-state index contributed by atoms with van der Waals surface area (Å²) in [6.45, 7) is 3.36. The lowest BCUT2D eigenvalue weighted by Crippen LogP contribution is -2.42. The Kier molecular flexibility index (Phi) is 4.43. The van der Waals surface area contributed by atoms with Gasteiger partial charge in [0.05, 0.1) is 6.42 Å². The molecular formula is C15H23N3O. The molecule has 3 N–H and O–H groups in total. The number of primary amides is 1. The zero-order valence-corrected chi connectivity index (χ0v) is 11.7. The van der Waals surface area contributed by atoms with Gasteiger partial charge in [0, 0.05) is 24.3 Å². The Bertz CT molecular complexity index is 447. The van der Waals surface area contributed by atoms with Gasteiger partial charge in [0.25, 0.3) is 0 Å². The molecule has 0 aromatic heterocycles. The topological polar surface area (TPSA) is 58.4 Å². The van der Waals surface area contributed by atoms with E-state index in [1.54, 1.807) is 0 Å². The normalized spacial score (nSPS) is 24.1. The first kappa shape index (κ1) is 13.9. The van der Waals surface area contributed by atoms with E-state index in [4.69, 9.17) is 5.73 Å². The van der Waals surface area contributed by atoms with Gasteiger partial charge >= 0.3 is 0 Å². The van der Waals surface area contributed by atoms with Crippen molar-refractivity contribution in [2.24, 2.45) is 5.73 Å². The van der Waals surface area contributed by atoms with Crippen molar-refractivity contribution in [2.45, 2.75) is 38.3 Å². The molecule has 1 amide bonds. The third kappa shape index (κ3) is 3.70. The van der Waals surface area contributed by atoms with Gasteiger partial charge in [-0.25, -0.2) is 0 Å². The van der Waals surface area contributed by atoms with E-state index in [0.717, 1.165) is 30.6 Å². The first-order valence-electron chi connectivity index (χ1n) is 6.89. The number of hydrogen-bond donors (Lipinski definition) is 2. The van der Waals surface area contributed by atoms with E-state index >= 15 is 0 Å². The highest BCUT2D eigenvalue weighted by Gasteiger charge is 2.23. The lowest BCUT2D eigenvalue weighted by molar-refractivity contribution is -0.117. The summed E-state index contributed by atoms with van der Waals surface area (Å²) < 4.78 is 0. The van der Waals surface area contributed by atoms with Crippen molar-refractivity contribution in [3.05, 3.63) is 29.8 Å². The van der Waals surface area contributed by atoms with Crippen molar-refractivity contribution in [1.82, 2.24) is 4.90 Å². The lowest BCUT2D eigenvalue weighted by Gasteiger charge is -2.36. The first-order chi connectivity index (χ1) is 9.06. The predicted octanol–water partition coefficient (Wildman–Crippen LogP) is 1.61. The van der Waals surface area contributed by atoms with Crippen molar-refractivity contribution in [3.63, 3.8) is 0 Å². The van der Waals surface area contributed by atoms with Gasteiger partial charge in [-0.3, -0.25) is 4.79 Å². The van der Waals surface area contributed by atoms with Gasteiger partial charge < -0.3 is 16.0 Å². The average molecular weight is 261 g/mol. The molecule has 4 heteroatoms. The Morgan fingerprint density at radius 2 is 2.21 bits per heavy atom. The number of amides is 1. The maximum absolute atomic E-state index is 11.1. The third-order valence-corrected chi connectivity index (χ3v) is 3.95. The van der Waals surface area contributed by atoms with Crippen molar-refractivity contribution in [1.29, 1.82) is 0 Å². The van der Waals surface area contributed by atoms with Crippen LogP contribution in [0.1, 0.15) is 25.3 Å². The highest BCUT2D eigenvalue weighted by atomic mass is 16.1. The molecule has 0 saturated carbocycles. The van der Waals surface area contributed by atoms with Crippen LogP contribution >= 0.6 is 0 Å². The molecule has 2 rings (SSSR count). The highest BCUT2D eigenvalue weighted by molar-refractivity contribution is 5.78. The monoisotopic (exact) mass is 261 g/mol. The van der Waals surface area contributed by atoms with Gasteiger partial charge in [-0.05, 0) is 38.4 Å². The molecule has 0 radical (unpaired) electrons. The molecule has 2 unspecified atom stereocenters. The van der Waals surface area contributed by atoms with Gasteiger partial charge in [0.2, 0.25) is 5.91 Å². The lowest BCUT2D eigenvalue weighted by atomic mass is 9.98. The minimum absolute atomic E-state index is 0.286. The summed E-state index contributed by atoms with van der Waals surface area (Å²) in [5.74, 6) is -0.286. The van der Waals surface area contributed by atoms with Gasteiger partial charge in [0.15, 0.2) is 0 Å². The molecule has 1 fully saturated rings. The number of nitrogens with two attached hydrogens (primary N) is 1. The minimum Gasteiger partial charge on any atom is -0.382 e. The zero-order valence-electron chi connectivity index (χ0n) is 11.7. The minimum atomic E-state index is -0.286. The zero-order chi connectivity index (χ0) is 13.8. The molecule has 4 nitrogen and oxygen atoms in total. The summed E-state index contributed by atoms with van der Waals surface area (Å²) in [5, 5.41) is 3.57. The molecule has 0 spiro atoms. The standard InChI is InChI=1S/C15H23N3O/c1-11-9-13(7-8-18(11)2)17-14-6-4-3-5-12(14)10-15(16)19/h3-6,11,13,17H,7-10H2,1-2H3,(H2,16,19). The SMILES string of the molecule is CC1CC(Nc2ccccc2CC(N)=O)CCN1C. The fourth-order valence-corrected chi connectivity index (χ4v) is 2.64. The number of carbonyl (C=O) groups excluding carboxylic acids is 1. The Balaban J connectivity index is 2.04. The molecule has 1 aliphatic heterocycles. The maximum Gasteiger partial charge on any atom is 0.221 e. The van der Waals surface area contributed by atoms with Crippen LogP contribution in [-0.2, 0) is 11.2 Å². The Morgan fingerprint density at radius 3 is 2.89 bits per heavy atom. The van der Waals surface area contributed by atoms with Crippen LogP contribution in [0.4, 0.5) is 5.69 Å². The molecule has 1 aromatic carbocycles. The number of piperidine rings is 1. The number of nitrogens with zero attached hydrogens (tertiary/aromatic N) is 1. The number of para-hydroxylation sites is 1. The fourth-order valence-electron chi connectivity index (χ4n) is 2.64. The van der Waals surface area contributed by atoms with Crippen LogP contribution in [0, 0.1) is 0 Å². The van der Waals surface area contributed by atoms with E-state index in [-0.39, 0.29) is 5.91 Å². The summed E-state index contributed by atoms with van der Waals surface area (Å²) in [7, 11) is 2.17. The summed E-state index contributed by atoms with van der Waals surface area (Å²) in [6, 6.07) is 8.99. The second-order valence-corrected chi connectivity index (χ2v) is 5.50. The van der Waals surface area contributed by atoms with Crippen molar-refractivity contribution in [3.8, 4) is 0 Å². The number of benzene rings is 1. The quantitative estimate of drug-likeness (QED) is 0.865. The molecule has 1 aliphatic rings. The average Bonchev–Trinajstić information content (AvgIpc) is 2.36. The number of rotatable bonds is 4. The fraction of sp³-hybridized carbons (Fsp3) is 0.533. The molecule has 0 bridgehead atoms. The van der Waals surface area contributed by atoms with Gasteiger partial charge in [0.1, 0.15) is 0 Å². The van der Waals surface area contributed by atoms with Gasteiger partial charge in [-0.2, -0.15) is 0 Å². The van der Waals surface area contributed by atoms with Crippen molar-refractivity contribution >= 4 is 11.6 Å². The Morgan fingerprint density at radius 1 is 1.47 bits per heavy atom. The molecule has 19 heavy (non-hydrogen) atoms. The largest absolute Gasteiger partial charge is 0.382 e. The van der Waals surface area contributed by atoms with Crippen molar-refractivity contribution < 1.29 is 4.79 Å². The van der Waals surface area contributed by atoms with Crippen molar-refractivity contribution in [2.75, 3.05) is 18.9 Å².